The van der Waals surface area contributed by atoms with Crippen LogP contribution in [0.3, 0.4) is 0 Å². The van der Waals surface area contributed by atoms with Crippen LogP contribution in [0.1, 0.15) is 25.0 Å². The zero-order chi connectivity index (χ0) is 11.9. The molecule has 1 aliphatic rings. The van der Waals surface area contributed by atoms with E-state index in [1.807, 2.05) is 5.38 Å². The molecule has 2 N–H and O–H groups in total. The van der Waals surface area contributed by atoms with Gasteiger partial charge in [0.25, 0.3) is 0 Å². The van der Waals surface area contributed by atoms with Crippen molar-refractivity contribution in [2.75, 3.05) is 19.6 Å². The summed E-state index contributed by atoms with van der Waals surface area (Å²) in [4.78, 5) is 15.7. The highest BCUT2D eigenvalue weighted by Crippen LogP contribution is 2.10. The number of hydrogen-bond acceptors (Lipinski definition) is 4. The molecule has 2 rings (SSSR count). The second kappa shape index (κ2) is 6.71. The molecule has 1 saturated heterocycles. The van der Waals surface area contributed by atoms with Gasteiger partial charge in [-0.3, -0.25) is 4.79 Å². The van der Waals surface area contributed by atoms with E-state index in [1.54, 1.807) is 16.8 Å². The van der Waals surface area contributed by atoms with Crippen molar-refractivity contribution >= 4 is 17.2 Å². The average Bonchev–Trinajstić information content (AvgIpc) is 2.99. The van der Waals surface area contributed by atoms with Gasteiger partial charge in [-0.1, -0.05) is 0 Å². The van der Waals surface area contributed by atoms with Crippen molar-refractivity contribution in [1.82, 2.24) is 15.6 Å². The molecule has 4 nitrogen and oxygen atoms in total. The van der Waals surface area contributed by atoms with Gasteiger partial charge < -0.3 is 10.6 Å². The Morgan fingerprint density at radius 1 is 1.65 bits per heavy atom. The van der Waals surface area contributed by atoms with Gasteiger partial charge in [0.15, 0.2) is 0 Å². The van der Waals surface area contributed by atoms with E-state index >= 15 is 0 Å². The van der Waals surface area contributed by atoms with Crippen molar-refractivity contribution in [3.63, 3.8) is 0 Å². The Kier molecular flexibility index (Phi) is 4.94. The molecule has 0 bridgehead atoms. The molecule has 1 aliphatic heterocycles. The van der Waals surface area contributed by atoms with Crippen LogP contribution < -0.4 is 10.6 Å². The number of carbonyl (C=O) groups is 1. The molecule has 1 aromatic heterocycles. The van der Waals surface area contributed by atoms with E-state index in [0.29, 0.717) is 6.42 Å². The molecule has 1 unspecified atom stereocenters. The maximum absolute atomic E-state index is 11.6. The summed E-state index contributed by atoms with van der Waals surface area (Å²) in [6.45, 7) is 3.04. The lowest BCUT2D eigenvalue weighted by Gasteiger charge is -2.08. The lowest BCUT2D eigenvalue weighted by atomic mass is 10.1. The summed E-state index contributed by atoms with van der Waals surface area (Å²) in [5, 5.41) is 8.31. The lowest BCUT2D eigenvalue weighted by Crippen LogP contribution is -2.26. The van der Waals surface area contributed by atoms with Gasteiger partial charge >= 0.3 is 0 Å². The largest absolute Gasteiger partial charge is 0.356 e. The van der Waals surface area contributed by atoms with Crippen LogP contribution in [0.4, 0.5) is 0 Å². The van der Waals surface area contributed by atoms with Crippen LogP contribution >= 0.6 is 11.3 Å². The van der Waals surface area contributed by atoms with Crippen molar-refractivity contribution < 1.29 is 4.79 Å². The van der Waals surface area contributed by atoms with Crippen LogP contribution in [0.15, 0.2) is 10.9 Å². The van der Waals surface area contributed by atoms with Gasteiger partial charge in [0.05, 0.1) is 11.2 Å². The highest BCUT2D eigenvalue weighted by atomic mass is 32.1. The smallest absolute Gasteiger partial charge is 0.220 e. The molecule has 1 amide bonds. The number of carbonyl (C=O) groups excluding carboxylic acids is 1. The van der Waals surface area contributed by atoms with Gasteiger partial charge in [-0.15, -0.1) is 11.3 Å². The number of nitrogens with one attached hydrogen (secondary N) is 2. The third-order valence-electron chi connectivity index (χ3n) is 3.13. The highest BCUT2D eigenvalue weighted by Gasteiger charge is 2.13. The van der Waals surface area contributed by atoms with Crippen LogP contribution in [0, 0.1) is 5.92 Å². The van der Waals surface area contributed by atoms with E-state index < -0.39 is 0 Å². The van der Waals surface area contributed by atoms with Gasteiger partial charge in [-0.2, -0.15) is 0 Å². The van der Waals surface area contributed by atoms with Gasteiger partial charge in [-0.25, -0.2) is 4.98 Å². The summed E-state index contributed by atoms with van der Waals surface area (Å²) in [6, 6.07) is 0. The maximum Gasteiger partial charge on any atom is 0.220 e. The first-order chi connectivity index (χ1) is 8.34. The monoisotopic (exact) mass is 253 g/mol. The van der Waals surface area contributed by atoms with Crippen LogP contribution in [0.2, 0.25) is 0 Å². The van der Waals surface area contributed by atoms with Crippen LogP contribution in [0.5, 0.6) is 0 Å². The molecule has 0 aliphatic carbocycles. The van der Waals surface area contributed by atoms with Crippen molar-refractivity contribution in [2.24, 2.45) is 5.92 Å². The predicted octanol–water partition coefficient (Wildman–Crippen LogP) is 1.19. The Hall–Kier alpha value is -0.940. The predicted molar refractivity (Wildman–Crippen MR) is 69.0 cm³/mol. The first-order valence-corrected chi connectivity index (χ1v) is 7.13. The van der Waals surface area contributed by atoms with E-state index in [-0.39, 0.29) is 5.91 Å². The van der Waals surface area contributed by atoms with Crippen LogP contribution in [-0.2, 0) is 11.2 Å². The molecule has 1 atom stereocenters. The minimum Gasteiger partial charge on any atom is -0.356 e. The van der Waals surface area contributed by atoms with Gasteiger partial charge in [0, 0.05) is 18.3 Å². The van der Waals surface area contributed by atoms with Gasteiger partial charge in [0.1, 0.15) is 0 Å². The Labute approximate surface area is 106 Å². The number of rotatable bonds is 6. The van der Waals surface area contributed by atoms with E-state index in [1.165, 1.54) is 6.42 Å². The Morgan fingerprint density at radius 2 is 2.59 bits per heavy atom. The average molecular weight is 253 g/mol. The summed E-state index contributed by atoms with van der Waals surface area (Å²) in [6.07, 6.45) is 3.64. The molecule has 17 heavy (non-hydrogen) atoms. The highest BCUT2D eigenvalue weighted by molar-refractivity contribution is 7.07. The molecule has 1 fully saturated rings. The minimum atomic E-state index is 0.143. The summed E-state index contributed by atoms with van der Waals surface area (Å²) in [5.41, 5.74) is 2.82. The maximum atomic E-state index is 11.6. The number of aryl methyl sites for hydroxylation is 1. The topological polar surface area (TPSA) is 54.0 Å². The van der Waals surface area contributed by atoms with Crippen molar-refractivity contribution in [3.8, 4) is 0 Å². The van der Waals surface area contributed by atoms with Crippen molar-refractivity contribution in [2.45, 2.75) is 25.7 Å². The molecule has 0 saturated carbocycles. The molecule has 2 heterocycles. The SMILES string of the molecule is O=C(CCc1cscn1)NCCC1CCNC1. The Morgan fingerprint density at radius 3 is 3.29 bits per heavy atom. The fraction of sp³-hybridized carbons (Fsp3) is 0.667. The summed E-state index contributed by atoms with van der Waals surface area (Å²) < 4.78 is 0. The summed E-state index contributed by atoms with van der Waals surface area (Å²) in [7, 11) is 0. The second-order valence-corrected chi connectivity index (χ2v) is 5.20. The zero-order valence-corrected chi connectivity index (χ0v) is 10.8. The molecule has 0 spiro atoms. The number of thiazole rings is 1. The first kappa shape index (κ1) is 12.5. The fourth-order valence-corrected chi connectivity index (χ4v) is 2.66. The third-order valence-corrected chi connectivity index (χ3v) is 3.76. The standard InChI is InChI=1S/C12H19N3OS/c16-12(2-1-11-8-17-9-15-11)14-6-4-10-3-5-13-7-10/h8-10,13H,1-7H2,(H,14,16). The van der Waals surface area contributed by atoms with E-state index in [2.05, 4.69) is 15.6 Å². The van der Waals surface area contributed by atoms with Crippen molar-refractivity contribution in [1.29, 1.82) is 0 Å². The van der Waals surface area contributed by atoms with E-state index in [0.717, 1.165) is 44.1 Å². The molecule has 1 aromatic rings. The Balaban J connectivity index is 1.54. The fourth-order valence-electron chi connectivity index (χ4n) is 2.07. The minimum absolute atomic E-state index is 0.143. The summed E-state index contributed by atoms with van der Waals surface area (Å²) in [5.74, 6) is 0.887. The third kappa shape index (κ3) is 4.44. The van der Waals surface area contributed by atoms with Crippen LogP contribution in [0.25, 0.3) is 0 Å². The number of nitrogens with zero attached hydrogens (tertiary/aromatic N) is 1. The first-order valence-electron chi connectivity index (χ1n) is 6.19. The van der Waals surface area contributed by atoms with Gasteiger partial charge in [-0.05, 0) is 38.3 Å². The van der Waals surface area contributed by atoms with E-state index in [4.69, 9.17) is 0 Å². The van der Waals surface area contributed by atoms with Crippen molar-refractivity contribution in [3.05, 3.63) is 16.6 Å². The van der Waals surface area contributed by atoms with Gasteiger partial charge in [0.2, 0.25) is 5.91 Å². The lowest BCUT2D eigenvalue weighted by molar-refractivity contribution is -0.121. The van der Waals surface area contributed by atoms with Crippen LogP contribution in [-0.4, -0.2) is 30.5 Å². The molecule has 0 radical (unpaired) electrons. The second-order valence-electron chi connectivity index (χ2n) is 4.48. The summed E-state index contributed by atoms with van der Waals surface area (Å²) >= 11 is 1.58. The number of aromatic nitrogens is 1. The molecular weight excluding hydrogens is 234 g/mol. The molecule has 94 valence electrons. The number of hydrogen-bond donors (Lipinski definition) is 2. The number of amides is 1. The Bertz CT molecular complexity index is 334. The zero-order valence-electron chi connectivity index (χ0n) is 9.95. The molecular formula is C12H19N3OS. The normalized spacial score (nSPS) is 19.4. The quantitative estimate of drug-likeness (QED) is 0.801. The van der Waals surface area contributed by atoms with E-state index in [9.17, 15) is 4.79 Å². The molecule has 5 heteroatoms. The molecule has 0 aromatic carbocycles.